The van der Waals surface area contributed by atoms with Crippen LogP contribution in [0.1, 0.15) is 33.1 Å². The number of amides is 2. The first-order valence-electron chi connectivity index (χ1n) is 5.47. The Balaban J connectivity index is 2.02. The Morgan fingerprint density at radius 1 is 1.47 bits per heavy atom. The lowest BCUT2D eigenvalue weighted by Gasteiger charge is -2.20. The molecule has 4 heteroatoms. The zero-order valence-electron chi connectivity index (χ0n) is 9.28. The highest BCUT2D eigenvalue weighted by atomic mass is 16.5. The second-order valence-electron chi connectivity index (χ2n) is 5.01. The van der Waals surface area contributed by atoms with Crippen LogP contribution < -0.4 is 0 Å². The van der Waals surface area contributed by atoms with Gasteiger partial charge in [-0.2, -0.15) is 0 Å². The molecule has 4 nitrogen and oxygen atoms in total. The van der Waals surface area contributed by atoms with E-state index in [2.05, 4.69) is 0 Å². The number of rotatable bonds is 2. The Morgan fingerprint density at radius 3 is 2.67 bits per heavy atom. The quantitative estimate of drug-likeness (QED) is 0.639. The Hall–Kier alpha value is -0.900. The van der Waals surface area contributed by atoms with Crippen LogP contribution in [0.4, 0.5) is 0 Å². The zero-order valence-corrected chi connectivity index (χ0v) is 9.28. The minimum absolute atomic E-state index is 0.0528. The largest absolute Gasteiger partial charge is 0.376 e. The number of carbonyl (C=O) groups excluding carboxylic acids is 2. The maximum Gasteiger partial charge on any atom is 0.235 e. The lowest BCUT2D eigenvalue weighted by Crippen LogP contribution is -2.38. The van der Waals surface area contributed by atoms with Crippen molar-refractivity contribution < 1.29 is 14.3 Å². The summed E-state index contributed by atoms with van der Waals surface area (Å²) in [6, 6.07) is 0. The molecule has 2 saturated heterocycles. The van der Waals surface area contributed by atoms with E-state index in [-0.39, 0.29) is 17.9 Å². The first-order valence-corrected chi connectivity index (χ1v) is 5.47. The fourth-order valence-electron chi connectivity index (χ4n) is 2.20. The molecule has 0 radical (unpaired) electrons. The molecule has 0 spiro atoms. The van der Waals surface area contributed by atoms with Crippen LogP contribution in [0.5, 0.6) is 0 Å². The summed E-state index contributed by atoms with van der Waals surface area (Å²) in [5, 5.41) is 0. The SMILES string of the molecule is CC1(C)CC(=O)N(CC2CCCO2)C1=O. The van der Waals surface area contributed by atoms with Crippen molar-refractivity contribution >= 4 is 11.8 Å². The third-order valence-electron chi connectivity index (χ3n) is 3.13. The molecule has 15 heavy (non-hydrogen) atoms. The van der Waals surface area contributed by atoms with E-state index >= 15 is 0 Å². The van der Waals surface area contributed by atoms with Crippen molar-refractivity contribution in [2.75, 3.05) is 13.2 Å². The molecule has 0 aromatic heterocycles. The molecular weight excluding hydrogens is 194 g/mol. The summed E-state index contributed by atoms with van der Waals surface area (Å²) >= 11 is 0. The highest BCUT2D eigenvalue weighted by Gasteiger charge is 2.45. The van der Waals surface area contributed by atoms with Gasteiger partial charge in [-0.25, -0.2) is 0 Å². The molecule has 2 amide bonds. The van der Waals surface area contributed by atoms with E-state index in [0.29, 0.717) is 13.0 Å². The van der Waals surface area contributed by atoms with Crippen molar-refractivity contribution in [1.29, 1.82) is 0 Å². The molecule has 0 saturated carbocycles. The molecule has 0 aromatic carbocycles. The van der Waals surface area contributed by atoms with E-state index in [1.165, 1.54) is 4.90 Å². The summed E-state index contributed by atoms with van der Waals surface area (Å²) < 4.78 is 5.43. The number of hydrogen-bond donors (Lipinski definition) is 0. The summed E-state index contributed by atoms with van der Waals surface area (Å²) in [5.74, 6) is -0.108. The number of nitrogens with zero attached hydrogens (tertiary/aromatic N) is 1. The molecule has 2 fully saturated rings. The molecule has 0 bridgehead atoms. The molecule has 84 valence electrons. The van der Waals surface area contributed by atoms with E-state index in [1.807, 2.05) is 13.8 Å². The Bertz CT molecular complexity index is 292. The van der Waals surface area contributed by atoms with Gasteiger partial charge in [0.05, 0.1) is 18.1 Å². The molecule has 2 rings (SSSR count). The number of ether oxygens (including phenoxy) is 1. The Labute approximate surface area is 89.6 Å². The Morgan fingerprint density at radius 2 is 2.20 bits per heavy atom. The van der Waals surface area contributed by atoms with Crippen molar-refractivity contribution in [2.45, 2.75) is 39.2 Å². The predicted molar refractivity (Wildman–Crippen MR) is 54.1 cm³/mol. The summed E-state index contributed by atoms with van der Waals surface area (Å²) in [7, 11) is 0. The van der Waals surface area contributed by atoms with E-state index in [1.54, 1.807) is 0 Å². The minimum Gasteiger partial charge on any atom is -0.376 e. The lowest BCUT2D eigenvalue weighted by molar-refractivity contribution is -0.142. The third kappa shape index (κ3) is 1.91. The molecule has 0 N–H and O–H groups in total. The molecule has 2 heterocycles. The highest BCUT2D eigenvalue weighted by molar-refractivity contribution is 6.05. The van der Waals surface area contributed by atoms with Gasteiger partial charge in [-0.15, -0.1) is 0 Å². The van der Waals surface area contributed by atoms with Crippen LogP contribution in [0.3, 0.4) is 0 Å². The molecule has 2 aliphatic rings. The standard InChI is InChI=1S/C11H17NO3/c1-11(2)6-9(13)12(10(11)14)7-8-4-3-5-15-8/h8H,3-7H2,1-2H3. The first kappa shape index (κ1) is 10.6. The van der Waals surface area contributed by atoms with Crippen LogP contribution >= 0.6 is 0 Å². The van der Waals surface area contributed by atoms with Crippen molar-refractivity contribution in [3.05, 3.63) is 0 Å². The van der Waals surface area contributed by atoms with Gasteiger partial charge in [0.15, 0.2) is 0 Å². The first-order chi connectivity index (χ1) is 7.00. The van der Waals surface area contributed by atoms with Crippen LogP contribution in [-0.2, 0) is 14.3 Å². The number of likely N-dealkylation sites (tertiary alicyclic amines) is 1. The van der Waals surface area contributed by atoms with Gasteiger partial charge in [0.2, 0.25) is 11.8 Å². The second-order valence-corrected chi connectivity index (χ2v) is 5.01. The monoisotopic (exact) mass is 211 g/mol. The highest BCUT2D eigenvalue weighted by Crippen LogP contribution is 2.32. The molecule has 1 atom stereocenters. The van der Waals surface area contributed by atoms with E-state index in [0.717, 1.165) is 19.4 Å². The summed E-state index contributed by atoms with van der Waals surface area (Å²) in [6.45, 7) is 4.84. The van der Waals surface area contributed by atoms with Crippen molar-refractivity contribution in [2.24, 2.45) is 5.41 Å². The van der Waals surface area contributed by atoms with Crippen molar-refractivity contribution in [3.63, 3.8) is 0 Å². The normalized spacial score (nSPS) is 30.3. The number of carbonyl (C=O) groups is 2. The molecule has 1 unspecified atom stereocenters. The Kier molecular flexibility index (Phi) is 2.54. The van der Waals surface area contributed by atoms with Gasteiger partial charge in [0.25, 0.3) is 0 Å². The van der Waals surface area contributed by atoms with Crippen LogP contribution in [-0.4, -0.2) is 36.0 Å². The van der Waals surface area contributed by atoms with Gasteiger partial charge in [0, 0.05) is 13.0 Å². The van der Waals surface area contributed by atoms with Crippen LogP contribution in [0.15, 0.2) is 0 Å². The number of imide groups is 1. The molecular formula is C11H17NO3. The second kappa shape index (κ2) is 3.59. The van der Waals surface area contributed by atoms with Gasteiger partial charge >= 0.3 is 0 Å². The lowest BCUT2D eigenvalue weighted by atomic mass is 9.92. The van der Waals surface area contributed by atoms with Crippen LogP contribution in [0.2, 0.25) is 0 Å². The zero-order chi connectivity index (χ0) is 11.1. The van der Waals surface area contributed by atoms with Crippen LogP contribution in [0, 0.1) is 5.41 Å². The third-order valence-corrected chi connectivity index (χ3v) is 3.13. The molecule has 2 aliphatic heterocycles. The van der Waals surface area contributed by atoms with E-state index < -0.39 is 5.41 Å². The topological polar surface area (TPSA) is 46.6 Å². The van der Waals surface area contributed by atoms with Crippen LogP contribution in [0.25, 0.3) is 0 Å². The van der Waals surface area contributed by atoms with Gasteiger partial charge in [-0.1, -0.05) is 13.8 Å². The fraction of sp³-hybridized carbons (Fsp3) is 0.818. The van der Waals surface area contributed by atoms with E-state index in [4.69, 9.17) is 4.74 Å². The average molecular weight is 211 g/mol. The molecule has 0 aliphatic carbocycles. The van der Waals surface area contributed by atoms with Gasteiger partial charge < -0.3 is 4.74 Å². The summed E-state index contributed by atoms with van der Waals surface area (Å²) in [4.78, 5) is 24.9. The fourth-order valence-corrected chi connectivity index (χ4v) is 2.20. The predicted octanol–water partition coefficient (Wildman–Crippen LogP) is 0.950. The maximum absolute atomic E-state index is 11.9. The minimum atomic E-state index is -0.518. The van der Waals surface area contributed by atoms with Crippen molar-refractivity contribution in [1.82, 2.24) is 4.90 Å². The van der Waals surface area contributed by atoms with Gasteiger partial charge in [0.1, 0.15) is 0 Å². The maximum atomic E-state index is 11.9. The van der Waals surface area contributed by atoms with E-state index in [9.17, 15) is 9.59 Å². The smallest absolute Gasteiger partial charge is 0.235 e. The van der Waals surface area contributed by atoms with Gasteiger partial charge in [-0.05, 0) is 12.8 Å². The number of hydrogen-bond acceptors (Lipinski definition) is 3. The average Bonchev–Trinajstić information content (AvgIpc) is 2.69. The summed E-state index contributed by atoms with van der Waals surface area (Å²) in [6.07, 6.45) is 2.38. The van der Waals surface area contributed by atoms with Crippen molar-refractivity contribution in [3.8, 4) is 0 Å². The van der Waals surface area contributed by atoms with Gasteiger partial charge in [-0.3, -0.25) is 14.5 Å². The summed E-state index contributed by atoms with van der Waals surface area (Å²) in [5.41, 5.74) is -0.518. The molecule has 0 aromatic rings.